The normalized spacial score (nSPS) is 10.5. The summed E-state index contributed by atoms with van der Waals surface area (Å²) in [5, 5.41) is 8.97. The SMILES string of the molecule is CCCCCn1ccc(C(=O)O)c1CC. The first-order chi connectivity index (χ1) is 7.20. The minimum Gasteiger partial charge on any atom is -0.478 e. The smallest absolute Gasteiger partial charge is 0.337 e. The Kier molecular flexibility index (Phi) is 4.40. The van der Waals surface area contributed by atoms with E-state index in [4.69, 9.17) is 5.11 Å². The van der Waals surface area contributed by atoms with E-state index in [0.717, 1.165) is 25.1 Å². The number of carbonyl (C=O) groups is 1. The van der Waals surface area contributed by atoms with E-state index in [0.29, 0.717) is 5.56 Å². The van der Waals surface area contributed by atoms with Crippen LogP contribution in [0.25, 0.3) is 0 Å². The topological polar surface area (TPSA) is 42.2 Å². The molecule has 0 radical (unpaired) electrons. The molecule has 0 atom stereocenters. The Hall–Kier alpha value is -1.25. The van der Waals surface area contributed by atoms with Crippen LogP contribution in [-0.4, -0.2) is 15.6 Å². The third-order valence-corrected chi connectivity index (χ3v) is 2.65. The molecule has 1 rings (SSSR count). The molecule has 0 bridgehead atoms. The molecular weight excluding hydrogens is 190 g/mol. The number of unbranched alkanes of at least 4 members (excludes halogenated alkanes) is 2. The van der Waals surface area contributed by atoms with Crippen LogP contribution in [-0.2, 0) is 13.0 Å². The monoisotopic (exact) mass is 209 g/mol. The van der Waals surface area contributed by atoms with Crippen molar-refractivity contribution in [3.63, 3.8) is 0 Å². The molecule has 1 N–H and O–H groups in total. The van der Waals surface area contributed by atoms with E-state index in [1.165, 1.54) is 12.8 Å². The molecule has 0 spiro atoms. The van der Waals surface area contributed by atoms with Gasteiger partial charge in [-0.2, -0.15) is 0 Å². The number of carboxylic acids is 1. The fraction of sp³-hybridized carbons (Fsp3) is 0.583. The molecule has 3 nitrogen and oxygen atoms in total. The summed E-state index contributed by atoms with van der Waals surface area (Å²) in [5.41, 5.74) is 1.40. The van der Waals surface area contributed by atoms with Crippen LogP contribution in [0.2, 0.25) is 0 Å². The predicted molar refractivity (Wildman–Crippen MR) is 60.3 cm³/mol. The minimum absolute atomic E-state index is 0.453. The molecule has 15 heavy (non-hydrogen) atoms. The molecule has 0 aliphatic rings. The van der Waals surface area contributed by atoms with Gasteiger partial charge in [0.05, 0.1) is 5.56 Å². The van der Waals surface area contributed by atoms with Crippen molar-refractivity contribution in [2.75, 3.05) is 0 Å². The van der Waals surface area contributed by atoms with Crippen LogP contribution < -0.4 is 0 Å². The van der Waals surface area contributed by atoms with Gasteiger partial charge in [-0.1, -0.05) is 26.7 Å². The van der Waals surface area contributed by atoms with Crippen molar-refractivity contribution in [3.8, 4) is 0 Å². The Balaban J connectivity index is 2.75. The number of aromatic carboxylic acids is 1. The summed E-state index contributed by atoms with van der Waals surface area (Å²) in [6, 6.07) is 1.70. The predicted octanol–water partition coefficient (Wildman–Crippen LogP) is 2.94. The van der Waals surface area contributed by atoms with Crippen LogP contribution in [0.5, 0.6) is 0 Å². The van der Waals surface area contributed by atoms with Crippen LogP contribution in [0.15, 0.2) is 12.3 Å². The maximum absolute atomic E-state index is 10.9. The molecule has 0 saturated heterocycles. The summed E-state index contributed by atoms with van der Waals surface area (Å²) in [7, 11) is 0. The van der Waals surface area contributed by atoms with Gasteiger partial charge in [-0.3, -0.25) is 0 Å². The summed E-state index contributed by atoms with van der Waals surface area (Å²) in [4.78, 5) is 10.9. The molecule has 0 fully saturated rings. The van der Waals surface area contributed by atoms with Crippen LogP contribution in [0.3, 0.4) is 0 Å². The summed E-state index contributed by atoms with van der Waals surface area (Å²) in [6.07, 6.45) is 6.17. The summed E-state index contributed by atoms with van der Waals surface area (Å²) < 4.78 is 2.07. The van der Waals surface area contributed by atoms with Crippen LogP contribution in [0.4, 0.5) is 0 Å². The van der Waals surface area contributed by atoms with Gasteiger partial charge in [0.2, 0.25) is 0 Å². The fourth-order valence-corrected chi connectivity index (χ4v) is 1.84. The molecule has 84 valence electrons. The average Bonchev–Trinajstić information content (AvgIpc) is 2.61. The van der Waals surface area contributed by atoms with E-state index >= 15 is 0 Å². The van der Waals surface area contributed by atoms with E-state index in [9.17, 15) is 4.79 Å². The second-order valence-corrected chi connectivity index (χ2v) is 3.74. The Bertz CT molecular complexity index is 328. The number of aryl methyl sites for hydroxylation is 1. The van der Waals surface area contributed by atoms with Gasteiger partial charge in [-0.25, -0.2) is 4.79 Å². The minimum atomic E-state index is -0.818. The lowest BCUT2D eigenvalue weighted by Crippen LogP contribution is -2.06. The first kappa shape index (κ1) is 11.8. The largest absolute Gasteiger partial charge is 0.478 e. The lowest BCUT2D eigenvalue weighted by atomic mass is 10.2. The van der Waals surface area contributed by atoms with E-state index in [1.54, 1.807) is 6.07 Å². The van der Waals surface area contributed by atoms with E-state index in [-0.39, 0.29) is 0 Å². The highest BCUT2D eigenvalue weighted by molar-refractivity contribution is 5.89. The zero-order chi connectivity index (χ0) is 11.3. The second-order valence-electron chi connectivity index (χ2n) is 3.74. The molecular formula is C12H19NO2. The Labute approximate surface area is 90.7 Å². The number of hydrogen-bond donors (Lipinski definition) is 1. The molecule has 1 heterocycles. The summed E-state index contributed by atoms with van der Waals surface area (Å²) in [6.45, 7) is 5.10. The van der Waals surface area contributed by atoms with Crippen LogP contribution >= 0.6 is 0 Å². The molecule has 1 aromatic rings. The van der Waals surface area contributed by atoms with Crippen molar-refractivity contribution in [2.24, 2.45) is 0 Å². The van der Waals surface area contributed by atoms with Crippen LogP contribution in [0, 0.1) is 0 Å². The third kappa shape index (κ3) is 2.85. The molecule has 0 amide bonds. The third-order valence-electron chi connectivity index (χ3n) is 2.65. The number of nitrogens with zero attached hydrogens (tertiary/aromatic N) is 1. The quantitative estimate of drug-likeness (QED) is 0.732. The fourth-order valence-electron chi connectivity index (χ4n) is 1.84. The average molecular weight is 209 g/mol. The number of hydrogen-bond acceptors (Lipinski definition) is 1. The number of carboxylic acid groups (broad SMARTS) is 1. The Morgan fingerprint density at radius 3 is 2.67 bits per heavy atom. The first-order valence-electron chi connectivity index (χ1n) is 5.62. The van der Waals surface area contributed by atoms with Crippen molar-refractivity contribution in [2.45, 2.75) is 46.1 Å². The van der Waals surface area contributed by atoms with Gasteiger partial charge in [0, 0.05) is 18.4 Å². The molecule has 0 saturated carbocycles. The molecule has 1 aromatic heterocycles. The van der Waals surface area contributed by atoms with Crippen molar-refractivity contribution in [1.82, 2.24) is 4.57 Å². The zero-order valence-corrected chi connectivity index (χ0v) is 9.49. The maximum atomic E-state index is 10.9. The van der Waals surface area contributed by atoms with Gasteiger partial charge in [0.1, 0.15) is 0 Å². The highest BCUT2D eigenvalue weighted by Crippen LogP contribution is 2.13. The standard InChI is InChI=1S/C12H19NO2/c1-3-5-6-8-13-9-7-10(12(14)15)11(13)4-2/h7,9H,3-6,8H2,1-2H3,(H,14,15). The van der Waals surface area contributed by atoms with Crippen LogP contribution in [0.1, 0.15) is 49.2 Å². The summed E-state index contributed by atoms with van der Waals surface area (Å²) in [5.74, 6) is -0.818. The second kappa shape index (κ2) is 5.59. The van der Waals surface area contributed by atoms with Gasteiger partial charge >= 0.3 is 5.97 Å². The molecule has 0 aliphatic heterocycles. The van der Waals surface area contributed by atoms with Gasteiger partial charge in [0.25, 0.3) is 0 Å². The highest BCUT2D eigenvalue weighted by atomic mass is 16.4. The lowest BCUT2D eigenvalue weighted by Gasteiger charge is -2.07. The Morgan fingerprint density at radius 1 is 1.40 bits per heavy atom. The number of rotatable bonds is 6. The maximum Gasteiger partial charge on any atom is 0.337 e. The molecule has 0 aromatic carbocycles. The zero-order valence-electron chi connectivity index (χ0n) is 9.49. The van der Waals surface area contributed by atoms with Gasteiger partial charge in [-0.15, -0.1) is 0 Å². The molecule has 3 heteroatoms. The van der Waals surface area contributed by atoms with E-state index < -0.39 is 5.97 Å². The van der Waals surface area contributed by atoms with Crippen molar-refractivity contribution in [3.05, 3.63) is 23.5 Å². The van der Waals surface area contributed by atoms with E-state index in [2.05, 4.69) is 11.5 Å². The lowest BCUT2D eigenvalue weighted by molar-refractivity contribution is 0.0695. The summed E-state index contributed by atoms with van der Waals surface area (Å²) >= 11 is 0. The van der Waals surface area contributed by atoms with Crippen molar-refractivity contribution in [1.29, 1.82) is 0 Å². The Morgan fingerprint density at radius 2 is 2.13 bits per heavy atom. The van der Waals surface area contributed by atoms with Gasteiger partial charge < -0.3 is 9.67 Å². The van der Waals surface area contributed by atoms with Gasteiger partial charge in [-0.05, 0) is 18.9 Å². The van der Waals surface area contributed by atoms with E-state index in [1.807, 2.05) is 13.1 Å². The van der Waals surface area contributed by atoms with Gasteiger partial charge in [0.15, 0.2) is 0 Å². The molecule has 0 aliphatic carbocycles. The van der Waals surface area contributed by atoms with Crippen molar-refractivity contribution >= 4 is 5.97 Å². The highest BCUT2D eigenvalue weighted by Gasteiger charge is 2.12. The number of aromatic nitrogens is 1. The first-order valence-corrected chi connectivity index (χ1v) is 5.62. The van der Waals surface area contributed by atoms with Crippen molar-refractivity contribution < 1.29 is 9.90 Å². The molecule has 0 unspecified atom stereocenters.